The van der Waals surface area contributed by atoms with Crippen molar-refractivity contribution in [3.63, 3.8) is 0 Å². The Kier molecular flexibility index (Phi) is 3.57. The van der Waals surface area contributed by atoms with Crippen LogP contribution < -0.4 is 4.74 Å². The van der Waals surface area contributed by atoms with Crippen molar-refractivity contribution in [3.8, 4) is 17.3 Å². The van der Waals surface area contributed by atoms with Gasteiger partial charge in [0.25, 0.3) is 0 Å². The SMILES string of the molecule is COc1cc(C(=O)O)nc(-c2ccc(Br)cc2)n1. The Bertz CT molecular complexity index is 584. The van der Waals surface area contributed by atoms with E-state index in [-0.39, 0.29) is 11.6 Å². The van der Waals surface area contributed by atoms with Gasteiger partial charge >= 0.3 is 5.97 Å². The molecule has 5 nitrogen and oxygen atoms in total. The van der Waals surface area contributed by atoms with E-state index in [0.29, 0.717) is 5.82 Å². The largest absolute Gasteiger partial charge is 0.481 e. The van der Waals surface area contributed by atoms with E-state index in [1.807, 2.05) is 12.1 Å². The molecule has 1 heterocycles. The number of halogens is 1. The molecule has 1 N–H and O–H groups in total. The van der Waals surface area contributed by atoms with Gasteiger partial charge in [0, 0.05) is 16.1 Å². The standard InChI is InChI=1S/C12H9BrN2O3/c1-18-10-6-9(12(16)17)14-11(15-10)7-2-4-8(13)5-3-7/h2-6H,1H3,(H,16,17). The van der Waals surface area contributed by atoms with Crippen molar-refractivity contribution in [2.75, 3.05) is 7.11 Å². The number of carbonyl (C=O) groups is 1. The molecule has 0 saturated carbocycles. The van der Waals surface area contributed by atoms with Gasteiger partial charge in [0.2, 0.25) is 5.88 Å². The smallest absolute Gasteiger partial charge is 0.354 e. The fraction of sp³-hybridized carbons (Fsp3) is 0.0833. The quantitative estimate of drug-likeness (QED) is 0.943. The van der Waals surface area contributed by atoms with Gasteiger partial charge in [-0.05, 0) is 12.1 Å². The van der Waals surface area contributed by atoms with Gasteiger partial charge in [0.1, 0.15) is 0 Å². The fourth-order valence-corrected chi connectivity index (χ4v) is 1.63. The minimum Gasteiger partial charge on any atom is -0.481 e. The van der Waals surface area contributed by atoms with Gasteiger partial charge in [0.05, 0.1) is 7.11 Å². The molecule has 0 amide bonds. The second kappa shape index (κ2) is 5.14. The van der Waals surface area contributed by atoms with Crippen molar-refractivity contribution in [3.05, 3.63) is 40.5 Å². The van der Waals surface area contributed by atoms with Crippen LogP contribution in [-0.2, 0) is 0 Å². The summed E-state index contributed by atoms with van der Waals surface area (Å²) in [7, 11) is 1.43. The molecule has 6 heteroatoms. The number of hydrogen-bond donors (Lipinski definition) is 1. The van der Waals surface area contributed by atoms with Gasteiger partial charge < -0.3 is 9.84 Å². The summed E-state index contributed by atoms with van der Waals surface area (Å²) in [4.78, 5) is 19.1. The van der Waals surface area contributed by atoms with Gasteiger partial charge in [-0.15, -0.1) is 0 Å². The van der Waals surface area contributed by atoms with Gasteiger partial charge in [-0.25, -0.2) is 9.78 Å². The van der Waals surface area contributed by atoms with E-state index in [4.69, 9.17) is 9.84 Å². The van der Waals surface area contributed by atoms with E-state index in [1.165, 1.54) is 13.2 Å². The highest BCUT2D eigenvalue weighted by Gasteiger charge is 2.12. The van der Waals surface area contributed by atoms with Crippen LogP contribution in [0.3, 0.4) is 0 Å². The number of rotatable bonds is 3. The number of aromatic nitrogens is 2. The first-order chi connectivity index (χ1) is 8.60. The Morgan fingerprint density at radius 1 is 1.28 bits per heavy atom. The molecule has 0 radical (unpaired) electrons. The summed E-state index contributed by atoms with van der Waals surface area (Å²) in [5.74, 6) is -0.575. The van der Waals surface area contributed by atoms with Crippen LogP contribution in [0, 0.1) is 0 Å². The number of carboxylic acid groups (broad SMARTS) is 1. The van der Waals surface area contributed by atoms with Crippen LogP contribution in [0.1, 0.15) is 10.5 Å². The number of ether oxygens (including phenoxy) is 1. The van der Waals surface area contributed by atoms with E-state index in [2.05, 4.69) is 25.9 Å². The van der Waals surface area contributed by atoms with E-state index in [1.54, 1.807) is 12.1 Å². The molecule has 18 heavy (non-hydrogen) atoms. The van der Waals surface area contributed by atoms with Crippen molar-refractivity contribution in [2.24, 2.45) is 0 Å². The molecule has 0 fully saturated rings. The number of nitrogens with zero attached hydrogens (tertiary/aromatic N) is 2. The second-order valence-corrected chi connectivity index (χ2v) is 4.35. The molecule has 1 aromatic heterocycles. The molecule has 0 unspecified atom stereocenters. The summed E-state index contributed by atoms with van der Waals surface area (Å²) >= 11 is 3.32. The predicted octanol–water partition coefficient (Wildman–Crippen LogP) is 2.61. The van der Waals surface area contributed by atoms with Gasteiger partial charge in [-0.1, -0.05) is 28.1 Å². The Morgan fingerprint density at radius 2 is 1.94 bits per heavy atom. The molecule has 0 atom stereocenters. The zero-order valence-corrected chi connectivity index (χ0v) is 11.0. The first-order valence-electron chi connectivity index (χ1n) is 5.02. The van der Waals surface area contributed by atoms with Crippen molar-refractivity contribution in [1.29, 1.82) is 0 Å². The highest BCUT2D eigenvalue weighted by Crippen LogP contribution is 2.21. The van der Waals surface area contributed by atoms with Gasteiger partial charge in [0.15, 0.2) is 11.5 Å². The minimum atomic E-state index is -1.12. The average Bonchev–Trinajstić information content (AvgIpc) is 2.39. The van der Waals surface area contributed by atoms with Crippen LogP contribution in [-0.4, -0.2) is 28.2 Å². The average molecular weight is 309 g/mol. The van der Waals surface area contributed by atoms with E-state index < -0.39 is 5.97 Å². The third kappa shape index (κ3) is 2.65. The van der Waals surface area contributed by atoms with E-state index in [0.717, 1.165) is 10.0 Å². The molecular formula is C12H9BrN2O3. The Morgan fingerprint density at radius 3 is 2.50 bits per heavy atom. The van der Waals surface area contributed by atoms with Crippen LogP contribution in [0.15, 0.2) is 34.8 Å². The highest BCUT2D eigenvalue weighted by atomic mass is 79.9. The molecule has 0 aliphatic carbocycles. The summed E-state index contributed by atoms with van der Waals surface area (Å²) in [6.07, 6.45) is 0. The third-order valence-corrected chi connectivity index (χ3v) is 2.76. The molecule has 2 rings (SSSR count). The normalized spacial score (nSPS) is 10.1. The van der Waals surface area contributed by atoms with Crippen molar-refractivity contribution in [1.82, 2.24) is 9.97 Å². The Balaban J connectivity index is 2.52. The maximum absolute atomic E-state index is 11.0. The van der Waals surface area contributed by atoms with Crippen molar-refractivity contribution in [2.45, 2.75) is 0 Å². The number of benzene rings is 1. The Hall–Kier alpha value is -1.95. The zero-order chi connectivity index (χ0) is 13.1. The summed E-state index contributed by atoms with van der Waals surface area (Å²) in [6, 6.07) is 8.54. The molecule has 0 aliphatic rings. The molecule has 92 valence electrons. The summed E-state index contributed by atoms with van der Waals surface area (Å²) in [6.45, 7) is 0. The monoisotopic (exact) mass is 308 g/mol. The van der Waals surface area contributed by atoms with Gasteiger partial charge in [-0.2, -0.15) is 4.98 Å². The molecule has 2 aromatic rings. The van der Waals surface area contributed by atoms with Crippen LogP contribution >= 0.6 is 15.9 Å². The van der Waals surface area contributed by atoms with E-state index in [9.17, 15) is 4.79 Å². The van der Waals surface area contributed by atoms with Crippen LogP contribution in [0.2, 0.25) is 0 Å². The molecule has 0 spiro atoms. The van der Waals surface area contributed by atoms with E-state index >= 15 is 0 Å². The number of carboxylic acids is 1. The lowest BCUT2D eigenvalue weighted by atomic mass is 10.2. The first kappa shape index (κ1) is 12.5. The maximum Gasteiger partial charge on any atom is 0.354 e. The second-order valence-electron chi connectivity index (χ2n) is 3.43. The lowest BCUT2D eigenvalue weighted by molar-refractivity contribution is 0.0690. The number of hydrogen-bond acceptors (Lipinski definition) is 4. The summed E-state index contributed by atoms with van der Waals surface area (Å²) in [5, 5.41) is 8.97. The van der Waals surface area contributed by atoms with Crippen LogP contribution in [0.4, 0.5) is 0 Å². The van der Waals surface area contributed by atoms with Crippen LogP contribution in [0.5, 0.6) is 5.88 Å². The maximum atomic E-state index is 11.0. The lowest BCUT2D eigenvalue weighted by Crippen LogP contribution is -2.04. The summed E-state index contributed by atoms with van der Waals surface area (Å²) < 4.78 is 5.89. The molecule has 0 saturated heterocycles. The minimum absolute atomic E-state index is 0.0974. The molecule has 1 aromatic carbocycles. The molecular weight excluding hydrogens is 300 g/mol. The third-order valence-electron chi connectivity index (χ3n) is 2.23. The zero-order valence-electron chi connectivity index (χ0n) is 9.42. The van der Waals surface area contributed by atoms with Crippen molar-refractivity contribution < 1.29 is 14.6 Å². The predicted molar refractivity (Wildman–Crippen MR) is 68.7 cm³/mol. The first-order valence-corrected chi connectivity index (χ1v) is 5.82. The molecule has 0 aliphatic heterocycles. The topological polar surface area (TPSA) is 72.3 Å². The highest BCUT2D eigenvalue weighted by molar-refractivity contribution is 9.10. The number of aromatic carboxylic acids is 1. The van der Waals surface area contributed by atoms with Gasteiger partial charge in [-0.3, -0.25) is 0 Å². The number of methoxy groups -OCH3 is 1. The van der Waals surface area contributed by atoms with Crippen molar-refractivity contribution >= 4 is 21.9 Å². The van der Waals surface area contributed by atoms with Crippen LogP contribution in [0.25, 0.3) is 11.4 Å². The fourth-order valence-electron chi connectivity index (χ4n) is 1.37. The lowest BCUT2D eigenvalue weighted by Gasteiger charge is -2.05. The summed E-state index contributed by atoms with van der Waals surface area (Å²) in [5.41, 5.74) is 0.624. The Labute approximate surface area is 112 Å². The molecule has 0 bridgehead atoms.